The Bertz CT molecular complexity index is 102. The van der Waals surface area contributed by atoms with Gasteiger partial charge in [-0.1, -0.05) is 0 Å². The topological polar surface area (TPSA) is 38.5 Å². The second-order valence-corrected chi connectivity index (χ2v) is 3.65. The van der Waals surface area contributed by atoms with E-state index >= 15 is 0 Å². The van der Waals surface area contributed by atoms with Crippen LogP contribution >= 0.6 is 0 Å². The minimum absolute atomic E-state index is 0.0843. The van der Waals surface area contributed by atoms with Crippen molar-refractivity contribution >= 4 is 0 Å². The molecule has 2 N–H and O–H groups in total. The highest BCUT2D eigenvalue weighted by Gasteiger charge is 2.16. The van der Waals surface area contributed by atoms with Crippen LogP contribution in [0.2, 0.25) is 0 Å². The second kappa shape index (κ2) is 4.70. The fourth-order valence-electron chi connectivity index (χ4n) is 0.724. The minimum atomic E-state index is -0.0843. The fraction of sp³-hybridized carbons (Fsp3) is 1.00. The third-order valence-electron chi connectivity index (χ3n) is 1.46. The Morgan fingerprint density at radius 2 is 1.91 bits per heavy atom. The Morgan fingerprint density at radius 3 is 2.27 bits per heavy atom. The molecular formula is C8H20N2O. The molecule has 0 amide bonds. The summed E-state index contributed by atoms with van der Waals surface area (Å²) in [6.07, 6.45) is 0.904. The average molecular weight is 160 g/mol. The molecule has 3 nitrogen and oxygen atoms in total. The SMILES string of the molecule is CN(C)COC(C)(C)CCN. The molecule has 0 spiro atoms. The Labute approximate surface area is 69.5 Å². The van der Waals surface area contributed by atoms with E-state index in [0.717, 1.165) is 6.42 Å². The molecule has 0 atom stereocenters. The lowest BCUT2D eigenvalue weighted by atomic mass is 10.1. The predicted molar refractivity (Wildman–Crippen MR) is 47.4 cm³/mol. The zero-order valence-electron chi connectivity index (χ0n) is 8.05. The minimum Gasteiger partial charge on any atom is -0.360 e. The van der Waals surface area contributed by atoms with Crippen LogP contribution in [0.1, 0.15) is 20.3 Å². The van der Waals surface area contributed by atoms with Gasteiger partial charge in [0.2, 0.25) is 0 Å². The van der Waals surface area contributed by atoms with E-state index in [9.17, 15) is 0 Å². The zero-order chi connectivity index (χ0) is 8.91. The van der Waals surface area contributed by atoms with Gasteiger partial charge in [0.05, 0.1) is 12.3 Å². The van der Waals surface area contributed by atoms with Crippen molar-refractivity contribution in [2.45, 2.75) is 25.9 Å². The molecule has 0 aromatic carbocycles. The second-order valence-electron chi connectivity index (χ2n) is 3.65. The smallest absolute Gasteiger partial charge is 0.0992 e. The quantitative estimate of drug-likeness (QED) is 0.600. The van der Waals surface area contributed by atoms with Gasteiger partial charge in [0.25, 0.3) is 0 Å². The monoisotopic (exact) mass is 160 g/mol. The summed E-state index contributed by atoms with van der Waals surface area (Å²) in [6.45, 7) is 5.46. The van der Waals surface area contributed by atoms with Gasteiger partial charge in [0.15, 0.2) is 0 Å². The van der Waals surface area contributed by atoms with E-state index in [4.69, 9.17) is 10.5 Å². The lowest BCUT2D eigenvalue weighted by molar-refractivity contribution is -0.0635. The standard InChI is InChI=1S/C8H20N2O/c1-8(2,5-6-9)11-7-10(3)4/h5-7,9H2,1-4H3. The average Bonchev–Trinajstić information content (AvgIpc) is 1.84. The van der Waals surface area contributed by atoms with Crippen LogP contribution in [0.4, 0.5) is 0 Å². The molecule has 0 aliphatic rings. The summed E-state index contributed by atoms with van der Waals surface area (Å²) >= 11 is 0. The molecule has 0 saturated carbocycles. The molecule has 0 bridgehead atoms. The van der Waals surface area contributed by atoms with Crippen LogP contribution in [0.3, 0.4) is 0 Å². The fourth-order valence-corrected chi connectivity index (χ4v) is 0.724. The van der Waals surface area contributed by atoms with Crippen LogP contribution in [0, 0.1) is 0 Å². The van der Waals surface area contributed by atoms with Crippen molar-refractivity contribution in [3.05, 3.63) is 0 Å². The van der Waals surface area contributed by atoms with Crippen LogP contribution in [0.25, 0.3) is 0 Å². The number of hydrogen-bond donors (Lipinski definition) is 1. The van der Waals surface area contributed by atoms with Gasteiger partial charge in [-0.15, -0.1) is 0 Å². The van der Waals surface area contributed by atoms with Gasteiger partial charge in [-0.05, 0) is 40.9 Å². The molecule has 0 rings (SSSR count). The molecular weight excluding hydrogens is 140 g/mol. The molecule has 3 heteroatoms. The molecule has 0 unspecified atom stereocenters. The summed E-state index contributed by atoms with van der Waals surface area (Å²) < 4.78 is 5.58. The van der Waals surface area contributed by atoms with Crippen molar-refractivity contribution in [1.82, 2.24) is 4.90 Å². The first-order valence-electron chi connectivity index (χ1n) is 3.97. The van der Waals surface area contributed by atoms with Crippen LogP contribution in [-0.4, -0.2) is 37.9 Å². The molecule has 0 aliphatic heterocycles. The lowest BCUT2D eigenvalue weighted by Crippen LogP contribution is -2.32. The first-order valence-corrected chi connectivity index (χ1v) is 3.97. The van der Waals surface area contributed by atoms with Crippen molar-refractivity contribution in [1.29, 1.82) is 0 Å². The van der Waals surface area contributed by atoms with E-state index in [0.29, 0.717) is 13.3 Å². The molecule has 0 aliphatic carbocycles. The van der Waals surface area contributed by atoms with Crippen LogP contribution in [0.15, 0.2) is 0 Å². The number of hydrogen-bond acceptors (Lipinski definition) is 3. The van der Waals surface area contributed by atoms with Gasteiger partial charge in [0.1, 0.15) is 0 Å². The van der Waals surface area contributed by atoms with E-state index in [-0.39, 0.29) is 5.60 Å². The maximum Gasteiger partial charge on any atom is 0.0992 e. The maximum atomic E-state index is 5.58. The number of nitrogens with zero attached hydrogens (tertiary/aromatic N) is 1. The Kier molecular flexibility index (Phi) is 4.65. The van der Waals surface area contributed by atoms with Crippen LogP contribution in [0.5, 0.6) is 0 Å². The van der Waals surface area contributed by atoms with E-state index in [1.807, 2.05) is 19.0 Å². The van der Waals surface area contributed by atoms with Crippen molar-refractivity contribution in [3.63, 3.8) is 0 Å². The third kappa shape index (κ3) is 6.28. The van der Waals surface area contributed by atoms with Gasteiger partial charge >= 0.3 is 0 Å². The van der Waals surface area contributed by atoms with E-state index in [1.165, 1.54) is 0 Å². The molecule has 0 aromatic rings. The van der Waals surface area contributed by atoms with E-state index < -0.39 is 0 Å². The first kappa shape index (κ1) is 10.9. The highest BCUT2D eigenvalue weighted by Crippen LogP contribution is 2.12. The number of nitrogens with two attached hydrogens (primary N) is 1. The molecule has 0 aromatic heterocycles. The molecule has 68 valence electrons. The molecule has 0 radical (unpaired) electrons. The van der Waals surface area contributed by atoms with Gasteiger partial charge in [-0.25, -0.2) is 0 Å². The van der Waals surface area contributed by atoms with Crippen molar-refractivity contribution < 1.29 is 4.74 Å². The lowest BCUT2D eigenvalue weighted by Gasteiger charge is -2.26. The molecule has 0 heterocycles. The van der Waals surface area contributed by atoms with Gasteiger partial charge in [-0.3, -0.25) is 4.90 Å². The van der Waals surface area contributed by atoms with E-state index in [2.05, 4.69) is 13.8 Å². The first-order chi connectivity index (χ1) is 4.98. The normalized spacial score (nSPS) is 12.5. The highest BCUT2D eigenvalue weighted by molar-refractivity contribution is 4.67. The molecule has 11 heavy (non-hydrogen) atoms. The summed E-state index contributed by atoms with van der Waals surface area (Å²) in [4.78, 5) is 2.00. The summed E-state index contributed by atoms with van der Waals surface area (Å²) in [5, 5.41) is 0. The highest BCUT2D eigenvalue weighted by atomic mass is 16.5. The maximum absolute atomic E-state index is 5.58. The van der Waals surface area contributed by atoms with E-state index in [1.54, 1.807) is 0 Å². The Balaban J connectivity index is 3.54. The van der Waals surface area contributed by atoms with Gasteiger partial charge in [-0.2, -0.15) is 0 Å². The van der Waals surface area contributed by atoms with Crippen molar-refractivity contribution in [2.75, 3.05) is 27.4 Å². The van der Waals surface area contributed by atoms with Crippen molar-refractivity contribution in [3.8, 4) is 0 Å². The zero-order valence-corrected chi connectivity index (χ0v) is 8.05. The molecule has 0 fully saturated rings. The summed E-state index contributed by atoms with van der Waals surface area (Å²) in [6, 6.07) is 0. The number of ether oxygens (including phenoxy) is 1. The van der Waals surface area contributed by atoms with Crippen LogP contribution in [-0.2, 0) is 4.74 Å². The Morgan fingerprint density at radius 1 is 1.36 bits per heavy atom. The molecule has 0 saturated heterocycles. The summed E-state index contributed by atoms with van der Waals surface area (Å²) in [5.74, 6) is 0. The van der Waals surface area contributed by atoms with Gasteiger partial charge < -0.3 is 10.5 Å². The van der Waals surface area contributed by atoms with Crippen molar-refractivity contribution in [2.24, 2.45) is 5.73 Å². The van der Waals surface area contributed by atoms with Gasteiger partial charge in [0, 0.05) is 0 Å². The Hall–Kier alpha value is -0.120. The predicted octanol–water partition coefficient (Wildman–Crippen LogP) is 0.649. The number of rotatable bonds is 5. The summed E-state index contributed by atoms with van der Waals surface area (Å²) in [5.41, 5.74) is 5.34. The largest absolute Gasteiger partial charge is 0.360 e. The summed E-state index contributed by atoms with van der Waals surface area (Å²) in [7, 11) is 3.97. The third-order valence-corrected chi connectivity index (χ3v) is 1.46. The van der Waals surface area contributed by atoms with Crippen LogP contribution < -0.4 is 5.73 Å².